The second-order valence-electron chi connectivity index (χ2n) is 4.12. The lowest BCUT2D eigenvalue weighted by molar-refractivity contribution is 0.459. The first-order chi connectivity index (χ1) is 9.06. The van der Waals surface area contributed by atoms with Crippen molar-refractivity contribution in [2.45, 2.75) is 13.8 Å². The highest BCUT2D eigenvalue weighted by Gasteiger charge is 2.16. The Hall–Kier alpha value is -2.15. The predicted molar refractivity (Wildman–Crippen MR) is 69.4 cm³/mol. The third-order valence-corrected chi connectivity index (χ3v) is 3.04. The zero-order valence-electron chi connectivity index (χ0n) is 10.6. The molecule has 0 saturated heterocycles. The van der Waals surface area contributed by atoms with E-state index in [2.05, 4.69) is 25.0 Å². The van der Waals surface area contributed by atoms with Gasteiger partial charge in [-0.1, -0.05) is 0 Å². The van der Waals surface area contributed by atoms with Gasteiger partial charge in [0.05, 0.1) is 12.0 Å². The van der Waals surface area contributed by atoms with Crippen LogP contribution in [0.2, 0.25) is 5.28 Å². The molecular weight excluding hydrogens is 268 g/mol. The molecule has 0 amide bonds. The van der Waals surface area contributed by atoms with Crippen molar-refractivity contribution in [3.63, 3.8) is 0 Å². The number of H-pyrrole nitrogens is 1. The summed E-state index contributed by atoms with van der Waals surface area (Å²) in [6.45, 7) is 3.79. The van der Waals surface area contributed by atoms with Gasteiger partial charge in [0.2, 0.25) is 11.2 Å². The third-order valence-electron chi connectivity index (χ3n) is 2.87. The van der Waals surface area contributed by atoms with Crippen LogP contribution < -0.4 is 4.74 Å². The van der Waals surface area contributed by atoms with Crippen molar-refractivity contribution in [1.82, 2.24) is 29.7 Å². The second-order valence-corrected chi connectivity index (χ2v) is 4.46. The minimum Gasteiger partial charge on any atom is -0.433 e. The van der Waals surface area contributed by atoms with E-state index in [4.69, 9.17) is 16.3 Å². The van der Waals surface area contributed by atoms with E-state index < -0.39 is 0 Å². The fourth-order valence-electron chi connectivity index (χ4n) is 1.85. The molecule has 7 nitrogen and oxygen atoms in total. The molecule has 3 heterocycles. The number of imidazole rings is 1. The Bertz CT molecular complexity index is 762. The third kappa shape index (κ3) is 1.91. The molecule has 3 rings (SSSR count). The largest absolute Gasteiger partial charge is 0.433 e. The number of aromatic amines is 1. The Morgan fingerprint density at radius 1 is 1.32 bits per heavy atom. The van der Waals surface area contributed by atoms with Gasteiger partial charge in [0.15, 0.2) is 11.4 Å². The van der Waals surface area contributed by atoms with Crippen LogP contribution in [-0.4, -0.2) is 29.7 Å². The molecule has 3 aromatic heterocycles. The van der Waals surface area contributed by atoms with Crippen LogP contribution in [0.25, 0.3) is 11.2 Å². The average Bonchev–Trinajstić information content (AvgIpc) is 2.90. The molecule has 8 heteroatoms. The van der Waals surface area contributed by atoms with Gasteiger partial charge in [0, 0.05) is 7.05 Å². The number of fused-ring (bicyclic) bond motifs is 1. The maximum absolute atomic E-state index is 5.85. The molecule has 0 aliphatic heterocycles. The molecule has 0 aliphatic carbocycles. The molecule has 0 fully saturated rings. The van der Waals surface area contributed by atoms with Gasteiger partial charge in [-0.15, -0.1) is 0 Å². The van der Waals surface area contributed by atoms with E-state index in [0.29, 0.717) is 22.8 Å². The molecular formula is C11H11ClN6O. The van der Waals surface area contributed by atoms with Gasteiger partial charge in [-0.05, 0) is 25.4 Å². The molecule has 0 aliphatic rings. The Balaban J connectivity index is 2.12. The standard InChI is InChI=1S/C11H11ClN6O/c1-5-8(6(2)18(3)17-5)19-10-7-9(14-4-13-7)15-11(12)16-10/h4H,1-3H3,(H,13,14,15,16). The Morgan fingerprint density at radius 2 is 2.11 bits per heavy atom. The molecule has 98 valence electrons. The summed E-state index contributed by atoms with van der Waals surface area (Å²) in [4.78, 5) is 15.1. The average molecular weight is 279 g/mol. The minimum absolute atomic E-state index is 0.0915. The van der Waals surface area contributed by atoms with Crippen LogP contribution in [-0.2, 0) is 7.05 Å². The van der Waals surface area contributed by atoms with E-state index >= 15 is 0 Å². The van der Waals surface area contributed by atoms with Crippen molar-refractivity contribution < 1.29 is 4.74 Å². The van der Waals surface area contributed by atoms with Crippen LogP contribution in [0, 0.1) is 13.8 Å². The Kier molecular flexibility index (Phi) is 2.63. The summed E-state index contributed by atoms with van der Waals surface area (Å²) in [5.41, 5.74) is 2.75. The van der Waals surface area contributed by atoms with E-state index in [-0.39, 0.29) is 5.28 Å². The van der Waals surface area contributed by atoms with E-state index in [1.165, 1.54) is 6.33 Å². The number of rotatable bonds is 2. The lowest BCUT2D eigenvalue weighted by Crippen LogP contribution is -1.95. The van der Waals surface area contributed by atoms with Gasteiger partial charge in [0.1, 0.15) is 11.2 Å². The zero-order chi connectivity index (χ0) is 13.6. The van der Waals surface area contributed by atoms with Gasteiger partial charge in [-0.2, -0.15) is 15.1 Å². The fraction of sp³-hybridized carbons (Fsp3) is 0.273. The number of nitrogens with one attached hydrogen (secondary N) is 1. The number of aromatic nitrogens is 6. The van der Waals surface area contributed by atoms with Gasteiger partial charge in [0.25, 0.3) is 0 Å². The van der Waals surface area contributed by atoms with Crippen molar-refractivity contribution in [1.29, 1.82) is 0 Å². The monoisotopic (exact) mass is 278 g/mol. The van der Waals surface area contributed by atoms with E-state index in [1.807, 2.05) is 20.9 Å². The maximum atomic E-state index is 5.85. The van der Waals surface area contributed by atoms with Gasteiger partial charge in [-0.3, -0.25) is 4.68 Å². The van der Waals surface area contributed by atoms with Crippen LogP contribution in [0.5, 0.6) is 11.6 Å². The van der Waals surface area contributed by atoms with Gasteiger partial charge in [-0.25, -0.2) is 4.98 Å². The highest BCUT2D eigenvalue weighted by molar-refractivity contribution is 6.28. The summed E-state index contributed by atoms with van der Waals surface area (Å²) in [6, 6.07) is 0. The molecule has 0 saturated carbocycles. The number of nitrogens with zero attached hydrogens (tertiary/aromatic N) is 5. The first-order valence-corrected chi connectivity index (χ1v) is 5.98. The SMILES string of the molecule is Cc1nn(C)c(C)c1Oc1nc(Cl)nc2nc[nH]c12. The van der Waals surface area contributed by atoms with E-state index in [9.17, 15) is 0 Å². The Morgan fingerprint density at radius 3 is 2.79 bits per heavy atom. The number of hydrogen-bond donors (Lipinski definition) is 1. The smallest absolute Gasteiger partial charge is 0.250 e. The topological polar surface area (TPSA) is 81.5 Å². The van der Waals surface area contributed by atoms with Crippen molar-refractivity contribution in [3.05, 3.63) is 23.0 Å². The van der Waals surface area contributed by atoms with Gasteiger partial charge >= 0.3 is 0 Å². The maximum Gasteiger partial charge on any atom is 0.250 e. The number of hydrogen-bond acceptors (Lipinski definition) is 5. The second kappa shape index (κ2) is 4.20. The van der Waals surface area contributed by atoms with Crippen LogP contribution in [0.15, 0.2) is 6.33 Å². The van der Waals surface area contributed by atoms with Crippen LogP contribution in [0.3, 0.4) is 0 Å². The molecule has 0 aromatic carbocycles. The number of aryl methyl sites for hydroxylation is 2. The number of halogens is 1. The van der Waals surface area contributed by atoms with Crippen molar-refractivity contribution in [3.8, 4) is 11.6 Å². The fourth-order valence-corrected chi connectivity index (χ4v) is 2.01. The first-order valence-electron chi connectivity index (χ1n) is 5.61. The van der Waals surface area contributed by atoms with E-state index in [1.54, 1.807) is 4.68 Å². The summed E-state index contributed by atoms with van der Waals surface area (Å²) in [5.74, 6) is 1.000. The highest BCUT2D eigenvalue weighted by atomic mass is 35.5. The zero-order valence-corrected chi connectivity index (χ0v) is 11.4. The molecule has 3 aromatic rings. The summed E-state index contributed by atoms with van der Waals surface area (Å²) in [7, 11) is 1.86. The van der Waals surface area contributed by atoms with Crippen LogP contribution in [0.4, 0.5) is 0 Å². The molecule has 0 radical (unpaired) electrons. The molecule has 0 bridgehead atoms. The quantitative estimate of drug-likeness (QED) is 0.726. The van der Waals surface area contributed by atoms with Crippen molar-refractivity contribution >= 4 is 22.8 Å². The molecule has 1 N–H and O–H groups in total. The number of ether oxygens (including phenoxy) is 1. The van der Waals surface area contributed by atoms with Crippen molar-refractivity contribution in [2.24, 2.45) is 7.05 Å². The van der Waals surface area contributed by atoms with Crippen LogP contribution in [0.1, 0.15) is 11.4 Å². The lowest BCUT2D eigenvalue weighted by atomic mass is 10.3. The first kappa shape index (κ1) is 11.9. The normalized spacial score (nSPS) is 11.2. The predicted octanol–water partition coefficient (Wildman–Crippen LogP) is 2.15. The molecule has 0 unspecified atom stereocenters. The summed E-state index contributed by atoms with van der Waals surface area (Å²) in [6.07, 6.45) is 1.52. The van der Waals surface area contributed by atoms with Crippen molar-refractivity contribution in [2.75, 3.05) is 0 Å². The van der Waals surface area contributed by atoms with Gasteiger partial charge < -0.3 is 9.72 Å². The molecule has 0 spiro atoms. The van der Waals surface area contributed by atoms with Crippen LogP contribution >= 0.6 is 11.6 Å². The molecule has 0 atom stereocenters. The lowest BCUT2D eigenvalue weighted by Gasteiger charge is -2.05. The summed E-state index contributed by atoms with van der Waals surface area (Å²) < 4.78 is 7.57. The highest BCUT2D eigenvalue weighted by Crippen LogP contribution is 2.30. The minimum atomic E-state index is 0.0915. The molecule has 19 heavy (non-hydrogen) atoms. The Labute approximate surface area is 113 Å². The summed E-state index contributed by atoms with van der Waals surface area (Å²) in [5, 5.41) is 4.38. The van der Waals surface area contributed by atoms with E-state index in [0.717, 1.165) is 11.4 Å². The summed E-state index contributed by atoms with van der Waals surface area (Å²) >= 11 is 5.85.